The van der Waals surface area contributed by atoms with E-state index in [0.717, 1.165) is 22.9 Å². The number of methoxy groups -OCH3 is 1. The third kappa shape index (κ3) is 3.52. The highest BCUT2D eigenvalue weighted by molar-refractivity contribution is 7.99. The van der Waals surface area contributed by atoms with Crippen molar-refractivity contribution < 1.29 is 17.9 Å². The van der Waals surface area contributed by atoms with Crippen LogP contribution in [0, 0.1) is 0 Å². The molecule has 0 aliphatic rings. The maximum Gasteiger partial charge on any atom is 0.433 e. The van der Waals surface area contributed by atoms with E-state index in [2.05, 4.69) is 15.1 Å². The lowest BCUT2D eigenvalue weighted by Crippen LogP contribution is -2.07. The molecule has 0 fully saturated rings. The minimum Gasteiger partial charge on any atom is -0.480 e. The minimum absolute atomic E-state index is 0.172. The van der Waals surface area contributed by atoms with Gasteiger partial charge in [0.25, 0.3) is 0 Å². The lowest BCUT2D eigenvalue weighted by atomic mass is 10.3. The number of thioether (sulfide) groups is 1. The molecule has 3 rings (SSSR count). The first kappa shape index (κ1) is 17.8. The molecule has 3 aromatic heterocycles. The van der Waals surface area contributed by atoms with Gasteiger partial charge in [-0.15, -0.1) is 11.8 Å². The second-order valence-electron chi connectivity index (χ2n) is 4.93. The fourth-order valence-corrected chi connectivity index (χ4v) is 3.27. The Morgan fingerprint density at radius 2 is 2.08 bits per heavy atom. The summed E-state index contributed by atoms with van der Waals surface area (Å²) in [5.41, 5.74) is -0.819. The molecule has 0 aliphatic heterocycles. The number of aromatic nitrogens is 4. The third-order valence-corrected chi connectivity index (χ3v) is 4.45. The van der Waals surface area contributed by atoms with Gasteiger partial charge in [-0.05, 0) is 17.9 Å². The summed E-state index contributed by atoms with van der Waals surface area (Å²) in [5.74, 6) is 1.40. The summed E-state index contributed by atoms with van der Waals surface area (Å²) < 4.78 is 45.0. The van der Waals surface area contributed by atoms with E-state index in [1.807, 2.05) is 6.92 Å². The molecule has 0 saturated carbocycles. The van der Waals surface area contributed by atoms with Gasteiger partial charge in [0.15, 0.2) is 5.82 Å². The van der Waals surface area contributed by atoms with Gasteiger partial charge in [-0.1, -0.05) is 18.5 Å². The van der Waals surface area contributed by atoms with Crippen molar-refractivity contribution >= 4 is 34.3 Å². The number of hydrogen-bond donors (Lipinski definition) is 0. The van der Waals surface area contributed by atoms with Crippen molar-refractivity contribution in [3.05, 3.63) is 35.2 Å². The Hall–Kier alpha value is -2.00. The molecule has 3 aromatic rings. The van der Waals surface area contributed by atoms with Crippen LogP contribution in [0.25, 0.3) is 16.7 Å². The number of nitrogens with zero attached hydrogens (tertiary/aromatic N) is 4. The number of pyridine rings is 2. The van der Waals surface area contributed by atoms with E-state index >= 15 is 0 Å². The molecule has 3 heterocycles. The van der Waals surface area contributed by atoms with E-state index in [4.69, 9.17) is 16.3 Å². The quantitative estimate of drug-likeness (QED) is 0.611. The summed E-state index contributed by atoms with van der Waals surface area (Å²) in [7, 11) is 1.43. The Labute approximate surface area is 150 Å². The fourth-order valence-electron chi connectivity index (χ4n) is 2.20. The van der Waals surface area contributed by atoms with Crippen molar-refractivity contribution in [3.63, 3.8) is 0 Å². The average molecular weight is 389 g/mol. The van der Waals surface area contributed by atoms with Gasteiger partial charge >= 0.3 is 6.18 Å². The molecule has 0 amide bonds. The third-order valence-electron chi connectivity index (χ3n) is 3.28. The standard InChI is InChI=1S/C15H12ClF3N4OS/c1-3-25-11-4-9(16)14(24-2)21-13(11)23-7-8-6-20-12(15(17,18)19)5-10(8)22-23/h4-7H,3H2,1-2H3. The number of rotatable bonds is 4. The molecule has 0 saturated heterocycles. The van der Waals surface area contributed by atoms with Crippen LogP contribution in [0.2, 0.25) is 5.02 Å². The Morgan fingerprint density at radius 1 is 1.32 bits per heavy atom. The number of alkyl halides is 3. The molecule has 132 valence electrons. The predicted octanol–water partition coefficient (Wildman–Crippen LogP) is 4.61. The fraction of sp³-hybridized carbons (Fsp3) is 0.267. The summed E-state index contributed by atoms with van der Waals surface area (Å²) in [6.45, 7) is 1.96. The van der Waals surface area contributed by atoms with E-state index in [1.165, 1.54) is 23.6 Å². The molecule has 0 atom stereocenters. The Kier molecular flexibility index (Phi) is 4.79. The summed E-state index contributed by atoms with van der Waals surface area (Å²) in [6, 6.07) is 2.61. The van der Waals surface area contributed by atoms with Gasteiger partial charge in [-0.25, -0.2) is 4.68 Å². The lowest BCUT2D eigenvalue weighted by Gasteiger charge is -2.10. The van der Waals surface area contributed by atoms with E-state index in [0.29, 0.717) is 16.2 Å². The molecule has 0 N–H and O–H groups in total. The highest BCUT2D eigenvalue weighted by atomic mass is 35.5. The first-order valence-corrected chi connectivity index (χ1v) is 8.50. The van der Waals surface area contributed by atoms with Gasteiger partial charge in [0.05, 0.1) is 17.5 Å². The topological polar surface area (TPSA) is 52.8 Å². The van der Waals surface area contributed by atoms with Gasteiger partial charge < -0.3 is 4.74 Å². The zero-order valence-electron chi connectivity index (χ0n) is 13.1. The van der Waals surface area contributed by atoms with E-state index < -0.39 is 11.9 Å². The molecule has 0 unspecified atom stereocenters. The van der Waals surface area contributed by atoms with Crippen molar-refractivity contribution in [3.8, 4) is 11.7 Å². The second kappa shape index (κ2) is 6.72. The molecule has 0 spiro atoms. The highest BCUT2D eigenvalue weighted by Gasteiger charge is 2.32. The molecule has 10 heteroatoms. The monoisotopic (exact) mass is 388 g/mol. The Morgan fingerprint density at radius 3 is 2.72 bits per heavy atom. The Balaban J connectivity index is 2.15. The van der Waals surface area contributed by atoms with Crippen LogP contribution in [0.3, 0.4) is 0 Å². The normalized spacial score (nSPS) is 11.9. The summed E-state index contributed by atoms with van der Waals surface area (Å²) in [6.07, 6.45) is -1.82. The number of halogens is 4. The van der Waals surface area contributed by atoms with Gasteiger partial charge in [0, 0.05) is 17.8 Å². The number of hydrogen-bond acceptors (Lipinski definition) is 5. The molecular formula is C15H12ClF3N4OS. The first-order valence-electron chi connectivity index (χ1n) is 7.13. The van der Waals surface area contributed by atoms with E-state index in [-0.39, 0.29) is 11.4 Å². The minimum atomic E-state index is -4.52. The van der Waals surface area contributed by atoms with Crippen molar-refractivity contribution in [2.45, 2.75) is 18.0 Å². The first-order chi connectivity index (χ1) is 11.8. The number of fused-ring (bicyclic) bond motifs is 1. The van der Waals surface area contributed by atoms with Gasteiger partial charge in [0.1, 0.15) is 10.7 Å². The van der Waals surface area contributed by atoms with Crippen molar-refractivity contribution in [2.24, 2.45) is 0 Å². The molecule has 0 radical (unpaired) electrons. The zero-order valence-corrected chi connectivity index (χ0v) is 14.7. The summed E-state index contributed by atoms with van der Waals surface area (Å²) in [5, 5.41) is 5.02. The zero-order chi connectivity index (χ0) is 18.2. The van der Waals surface area contributed by atoms with Crippen molar-refractivity contribution in [1.82, 2.24) is 19.7 Å². The smallest absolute Gasteiger partial charge is 0.433 e. The van der Waals surface area contributed by atoms with Crippen LogP contribution in [-0.2, 0) is 6.18 Å². The van der Waals surface area contributed by atoms with Gasteiger partial charge in [-0.3, -0.25) is 4.98 Å². The van der Waals surface area contributed by atoms with Crippen LogP contribution in [0.1, 0.15) is 12.6 Å². The molecule has 25 heavy (non-hydrogen) atoms. The van der Waals surface area contributed by atoms with Gasteiger partial charge in [-0.2, -0.15) is 23.3 Å². The van der Waals surface area contributed by atoms with E-state index in [9.17, 15) is 13.2 Å². The molecule has 0 aromatic carbocycles. The van der Waals surface area contributed by atoms with Crippen LogP contribution in [0.15, 0.2) is 29.4 Å². The average Bonchev–Trinajstić information content (AvgIpc) is 2.97. The maximum atomic E-state index is 12.8. The molecule has 5 nitrogen and oxygen atoms in total. The lowest BCUT2D eigenvalue weighted by molar-refractivity contribution is -0.141. The highest BCUT2D eigenvalue weighted by Crippen LogP contribution is 2.33. The van der Waals surface area contributed by atoms with E-state index in [1.54, 1.807) is 12.3 Å². The SMILES string of the molecule is CCSc1cc(Cl)c(OC)nc1-n1cc2cnc(C(F)(F)F)cc2n1. The van der Waals surface area contributed by atoms with Crippen LogP contribution in [-0.4, -0.2) is 32.6 Å². The van der Waals surface area contributed by atoms with Crippen molar-refractivity contribution in [1.29, 1.82) is 0 Å². The van der Waals surface area contributed by atoms with Crippen LogP contribution < -0.4 is 4.74 Å². The second-order valence-corrected chi connectivity index (χ2v) is 6.65. The van der Waals surface area contributed by atoms with Crippen LogP contribution >= 0.6 is 23.4 Å². The largest absolute Gasteiger partial charge is 0.480 e. The van der Waals surface area contributed by atoms with Crippen LogP contribution in [0.4, 0.5) is 13.2 Å². The Bertz CT molecular complexity index is 929. The predicted molar refractivity (Wildman–Crippen MR) is 89.6 cm³/mol. The molecular weight excluding hydrogens is 377 g/mol. The van der Waals surface area contributed by atoms with Gasteiger partial charge in [0.2, 0.25) is 5.88 Å². The molecule has 0 bridgehead atoms. The van der Waals surface area contributed by atoms with Crippen LogP contribution in [0.5, 0.6) is 5.88 Å². The van der Waals surface area contributed by atoms with Crippen molar-refractivity contribution in [2.75, 3.05) is 12.9 Å². The summed E-state index contributed by atoms with van der Waals surface area (Å²) >= 11 is 7.60. The maximum absolute atomic E-state index is 12.8. The molecule has 0 aliphatic carbocycles. The number of ether oxygens (including phenoxy) is 1. The summed E-state index contributed by atoms with van der Waals surface area (Å²) in [4.78, 5) is 8.51.